The molecule has 2 aromatic heterocycles. The van der Waals surface area contributed by atoms with E-state index in [4.69, 9.17) is 0 Å². The fourth-order valence-electron chi connectivity index (χ4n) is 2.56. The summed E-state index contributed by atoms with van der Waals surface area (Å²) in [6.07, 6.45) is 2.41. The molecule has 96 valence electrons. The molecule has 0 unspecified atom stereocenters. The zero-order valence-electron chi connectivity index (χ0n) is 10.5. The van der Waals surface area contributed by atoms with Crippen LogP contribution in [0.25, 0.3) is 10.2 Å². The second-order valence-corrected chi connectivity index (χ2v) is 6.24. The topological polar surface area (TPSA) is 66.0 Å². The van der Waals surface area contributed by atoms with Gasteiger partial charge < -0.3 is 10.1 Å². The largest absolute Gasteiger partial charge is 0.385 e. The van der Waals surface area contributed by atoms with Crippen molar-refractivity contribution in [2.75, 3.05) is 0 Å². The third-order valence-electron chi connectivity index (χ3n) is 3.58. The quantitative estimate of drug-likeness (QED) is 0.829. The molecule has 0 aromatic carbocycles. The molecule has 0 aliphatic heterocycles. The summed E-state index contributed by atoms with van der Waals surface area (Å²) in [5.41, 5.74) is 1.07. The lowest BCUT2D eigenvalue weighted by Crippen LogP contribution is -2.15. The summed E-state index contributed by atoms with van der Waals surface area (Å²) in [5, 5.41) is 10.3. The maximum Gasteiger partial charge on any atom is 0.260 e. The minimum atomic E-state index is -0.736. The van der Waals surface area contributed by atoms with E-state index in [1.165, 1.54) is 10.4 Å². The minimum Gasteiger partial charge on any atom is -0.385 e. The van der Waals surface area contributed by atoms with E-state index >= 15 is 0 Å². The smallest absolute Gasteiger partial charge is 0.260 e. The molecule has 2 heterocycles. The summed E-state index contributed by atoms with van der Waals surface area (Å²) < 4.78 is 0. The van der Waals surface area contributed by atoms with Gasteiger partial charge in [0.05, 0.1) is 5.39 Å². The Morgan fingerprint density at radius 2 is 2.33 bits per heavy atom. The first kappa shape index (κ1) is 11.9. The highest BCUT2D eigenvalue weighted by Crippen LogP contribution is 2.35. The Hall–Kier alpha value is -1.20. The highest BCUT2D eigenvalue weighted by Gasteiger charge is 2.23. The average molecular weight is 264 g/mol. The van der Waals surface area contributed by atoms with Gasteiger partial charge in [-0.2, -0.15) is 0 Å². The van der Waals surface area contributed by atoms with E-state index in [9.17, 15) is 9.90 Å². The van der Waals surface area contributed by atoms with Gasteiger partial charge in [0.2, 0.25) is 0 Å². The van der Waals surface area contributed by atoms with Gasteiger partial charge in [-0.1, -0.05) is 6.92 Å². The lowest BCUT2D eigenvalue weighted by Gasteiger charge is -2.17. The zero-order chi connectivity index (χ0) is 12.9. The second kappa shape index (κ2) is 4.17. The Bertz CT molecular complexity index is 657. The lowest BCUT2D eigenvalue weighted by molar-refractivity contribution is 0.189. The number of hydrogen-bond donors (Lipinski definition) is 2. The third kappa shape index (κ3) is 1.78. The molecule has 5 heteroatoms. The van der Waals surface area contributed by atoms with E-state index in [1.54, 1.807) is 18.3 Å². The number of rotatable bonds is 1. The van der Waals surface area contributed by atoms with Crippen LogP contribution in [-0.4, -0.2) is 15.1 Å². The Morgan fingerprint density at radius 1 is 1.56 bits per heavy atom. The summed E-state index contributed by atoms with van der Waals surface area (Å²) >= 11 is 1.61. The number of nitrogens with one attached hydrogen (secondary N) is 1. The van der Waals surface area contributed by atoms with E-state index in [0.29, 0.717) is 11.7 Å². The predicted octanol–water partition coefficient (Wildman–Crippen LogP) is 2.16. The highest BCUT2D eigenvalue weighted by atomic mass is 32.1. The van der Waals surface area contributed by atoms with Gasteiger partial charge in [-0.25, -0.2) is 4.98 Å². The van der Waals surface area contributed by atoms with Crippen molar-refractivity contribution >= 4 is 21.6 Å². The Kier molecular flexibility index (Phi) is 2.75. The molecule has 2 aromatic rings. The first-order valence-corrected chi connectivity index (χ1v) is 7.10. The van der Waals surface area contributed by atoms with Crippen molar-refractivity contribution in [3.05, 3.63) is 26.6 Å². The highest BCUT2D eigenvalue weighted by molar-refractivity contribution is 7.18. The summed E-state index contributed by atoms with van der Waals surface area (Å²) in [6, 6.07) is 0. The van der Waals surface area contributed by atoms with Crippen LogP contribution in [-0.2, 0) is 12.8 Å². The van der Waals surface area contributed by atoms with Crippen molar-refractivity contribution in [3.63, 3.8) is 0 Å². The van der Waals surface area contributed by atoms with Crippen molar-refractivity contribution in [3.8, 4) is 0 Å². The van der Waals surface area contributed by atoms with E-state index in [-0.39, 0.29) is 5.56 Å². The molecule has 0 fully saturated rings. The monoisotopic (exact) mass is 264 g/mol. The molecule has 0 spiro atoms. The molecule has 1 aliphatic rings. The third-order valence-corrected chi connectivity index (χ3v) is 4.73. The number of aromatic nitrogens is 2. The molecule has 0 bridgehead atoms. The average Bonchev–Trinajstić information content (AvgIpc) is 2.66. The fourth-order valence-corrected chi connectivity index (χ4v) is 3.95. The van der Waals surface area contributed by atoms with E-state index in [0.717, 1.165) is 29.5 Å². The number of hydrogen-bond acceptors (Lipinski definition) is 4. The van der Waals surface area contributed by atoms with Gasteiger partial charge in [0.15, 0.2) is 0 Å². The van der Waals surface area contributed by atoms with Crippen molar-refractivity contribution in [1.82, 2.24) is 9.97 Å². The molecular formula is C13H16N2O2S. The number of aliphatic hydroxyl groups is 1. The van der Waals surface area contributed by atoms with Crippen LogP contribution >= 0.6 is 11.3 Å². The molecule has 1 aliphatic carbocycles. The van der Waals surface area contributed by atoms with Gasteiger partial charge in [-0.05, 0) is 37.7 Å². The van der Waals surface area contributed by atoms with Crippen LogP contribution in [0, 0.1) is 5.92 Å². The SMILES string of the molecule is C[C@H]1CCc2c(sc3nc([C@@H](C)O)[nH]c(=O)c23)C1. The van der Waals surface area contributed by atoms with Crippen molar-refractivity contribution < 1.29 is 5.11 Å². The lowest BCUT2D eigenvalue weighted by atomic mass is 9.89. The number of aryl methyl sites for hydroxylation is 1. The maximum atomic E-state index is 12.1. The fraction of sp³-hybridized carbons (Fsp3) is 0.538. The zero-order valence-corrected chi connectivity index (χ0v) is 11.3. The van der Waals surface area contributed by atoms with Gasteiger partial charge in [-0.3, -0.25) is 4.79 Å². The van der Waals surface area contributed by atoms with Crippen LogP contribution in [0.3, 0.4) is 0 Å². The van der Waals surface area contributed by atoms with Crippen LogP contribution in [0.1, 0.15) is 42.6 Å². The molecule has 0 amide bonds. The number of H-pyrrole nitrogens is 1. The molecule has 0 saturated carbocycles. The summed E-state index contributed by atoms with van der Waals surface area (Å²) in [6.45, 7) is 3.85. The normalized spacial score (nSPS) is 20.9. The van der Waals surface area contributed by atoms with Gasteiger partial charge in [-0.15, -0.1) is 11.3 Å². The van der Waals surface area contributed by atoms with Gasteiger partial charge in [0.25, 0.3) is 5.56 Å². The number of nitrogens with zero attached hydrogens (tertiary/aromatic N) is 1. The first-order chi connectivity index (χ1) is 8.56. The summed E-state index contributed by atoms with van der Waals surface area (Å²) in [7, 11) is 0. The van der Waals surface area contributed by atoms with Crippen molar-refractivity contribution in [2.24, 2.45) is 5.92 Å². The summed E-state index contributed by atoms with van der Waals surface area (Å²) in [5.74, 6) is 1.04. The van der Waals surface area contributed by atoms with Crippen LogP contribution in [0.2, 0.25) is 0 Å². The van der Waals surface area contributed by atoms with Gasteiger partial charge >= 0.3 is 0 Å². The molecular weight excluding hydrogens is 248 g/mol. The van der Waals surface area contributed by atoms with Crippen LogP contribution < -0.4 is 5.56 Å². The van der Waals surface area contributed by atoms with Crippen molar-refractivity contribution in [2.45, 2.75) is 39.2 Å². The molecule has 0 radical (unpaired) electrons. The van der Waals surface area contributed by atoms with Gasteiger partial charge in [0.1, 0.15) is 16.8 Å². The number of thiophene rings is 1. The molecule has 4 nitrogen and oxygen atoms in total. The van der Waals surface area contributed by atoms with Gasteiger partial charge in [0, 0.05) is 4.88 Å². The number of aliphatic hydroxyl groups excluding tert-OH is 1. The Balaban J connectivity index is 2.25. The molecule has 2 N–H and O–H groups in total. The van der Waals surface area contributed by atoms with E-state index in [1.807, 2.05) is 0 Å². The van der Waals surface area contributed by atoms with E-state index < -0.39 is 6.10 Å². The number of fused-ring (bicyclic) bond motifs is 3. The number of aromatic amines is 1. The Labute approximate surface area is 109 Å². The van der Waals surface area contributed by atoms with Crippen LogP contribution in [0.5, 0.6) is 0 Å². The van der Waals surface area contributed by atoms with E-state index in [2.05, 4.69) is 16.9 Å². The van der Waals surface area contributed by atoms with Crippen LogP contribution in [0.4, 0.5) is 0 Å². The predicted molar refractivity (Wildman–Crippen MR) is 72.1 cm³/mol. The first-order valence-electron chi connectivity index (χ1n) is 6.28. The second-order valence-electron chi connectivity index (χ2n) is 5.16. The molecule has 0 saturated heterocycles. The minimum absolute atomic E-state index is 0.108. The molecule has 2 atom stereocenters. The summed E-state index contributed by atoms with van der Waals surface area (Å²) in [4.78, 5) is 21.3. The standard InChI is InChI=1S/C13H16N2O2S/c1-6-3-4-8-9(5-6)18-13-10(8)12(17)14-11(15-13)7(2)16/h6-7,16H,3-5H2,1-2H3,(H,14,15,17)/t6-,7+/m0/s1. The Morgan fingerprint density at radius 3 is 3.06 bits per heavy atom. The van der Waals surface area contributed by atoms with Crippen molar-refractivity contribution in [1.29, 1.82) is 0 Å². The van der Waals surface area contributed by atoms with Crippen LogP contribution in [0.15, 0.2) is 4.79 Å². The maximum absolute atomic E-state index is 12.1. The molecule has 3 rings (SSSR count). The molecule has 18 heavy (non-hydrogen) atoms.